The molecule has 0 fully saturated rings. The quantitative estimate of drug-likeness (QED) is 0.724. The molecule has 0 bridgehead atoms. The molecule has 0 spiro atoms. The number of aryl methyl sites for hydroxylation is 1. The highest BCUT2D eigenvalue weighted by atomic mass is 32.2. The maximum absolute atomic E-state index is 11.9. The minimum Gasteiger partial charge on any atom is -0.332 e. The zero-order chi connectivity index (χ0) is 16.9. The van der Waals surface area contributed by atoms with E-state index >= 15 is 0 Å². The lowest BCUT2D eigenvalue weighted by Crippen LogP contribution is -2.23. The first kappa shape index (κ1) is 17.4. The van der Waals surface area contributed by atoms with Crippen LogP contribution in [-0.2, 0) is 10.0 Å². The van der Waals surface area contributed by atoms with Crippen molar-refractivity contribution in [2.45, 2.75) is 18.7 Å². The molecule has 0 unspecified atom stereocenters. The lowest BCUT2D eigenvalue weighted by atomic mass is 10.2. The normalized spacial score (nSPS) is 11.0. The fraction of sp³-hybridized carbons (Fsp3) is 0.188. The molecule has 5 nitrogen and oxygen atoms in total. The van der Waals surface area contributed by atoms with Crippen molar-refractivity contribution in [1.29, 1.82) is 0 Å². The van der Waals surface area contributed by atoms with Crippen LogP contribution in [0, 0.1) is 6.92 Å². The van der Waals surface area contributed by atoms with E-state index in [1.165, 1.54) is 12.1 Å². The van der Waals surface area contributed by atoms with E-state index in [2.05, 4.69) is 15.4 Å². The molecule has 2 aromatic carbocycles. The van der Waals surface area contributed by atoms with Crippen molar-refractivity contribution in [2.24, 2.45) is 0 Å². The van der Waals surface area contributed by atoms with Crippen LogP contribution >= 0.6 is 12.2 Å². The van der Waals surface area contributed by atoms with Gasteiger partial charge in [-0.1, -0.05) is 19.1 Å². The Morgan fingerprint density at radius 2 is 1.70 bits per heavy atom. The summed E-state index contributed by atoms with van der Waals surface area (Å²) in [4.78, 5) is 0.225. The lowest BCUT2D eigenvalue weighted by molar-refractivity contribution is 0.584. The van der Waals surface area contributed by atoms with Gasteiger partial charge in [0.1, 0.15) is 0 Å². The highest BCUT2D eigenvalue weighted by Gasteiger charge is 2.11. The fourth-order valence-corrected chi connectivity index (χ4v) is 3.28. The zero-order valence-electron chi connectivity index (χ0n) is 13.0. The molecular formula is C16H19N3O2S2. The monoisotopic (exact) mass is 349 g/mol. The van der Waals surface area contributed by atoms with Gasteiger partial charge in [0.05, 0.1) is 4.90 Å². The molecule has 2 rings (SSSR count). The van der Waals surface area contributed by atoms with Crippen molar-refractivity contribution < 1.29 is 8.42 Å². The Morgan fingerprint density at radius 1 is 1.04 bits per heavy atom. The van der Waals surface area contributed by atoms with E-state index < -0.39 is 10.0 Å². The largest absolute Gasteiger partial charge is 0.332 e. The number of nitrogens with one attached hydrogen (secondary N) is 3. The molecule has 7 heteroatoms. The summed E-state index contributed by atoms with van der Waals surface area (Å²) in [5, 5.41) is 6.55. The molecule has 0 amide bonds. The van der Waals surface area contributed by atoms with E-state index in [0.29, 0.717) is 17.3 Å². The van der Waals surface area contributed by atoms with Gasteiger partial charge in [0.25, 0.3) is 0 Å². The van der Waals surface area contributed by atoms with Gasteiger partial charge in [0.15, 0.2) is 5.11 Å². The first-order valence-electron chi connectivity index (χ1n) is 7.15. The van der Waals surface area contributed by atoms with Crippen LogP contribution in [0.1, 0.15) is 12.5 Å². The molecule has 0 aliphatic rings. The molecule has 122 valence electrons. The Labute approximate surface area is 142 Å². The Balaban J connectivity index is 2.02. The highest BCUT2D eigenvalue weighted by molar-refractivity contribution is 7.89. The SMILES string of the molecule is CCNS(=O)(=O)c1ccc(NC(=S)Nc2cccc(C)c2)cc1. The molecular weight excluding hydrogens is 330 g/mol. The van der Waals surface area contributed by atoms with Gasteiger partial charge < -0.3 is 10.6 Å². The standard InChI is InChI=1S/C16H19N3O2S2/c1-3-17-23(20,21)15-9-7-13(8-10-15)18-16(22)19-14-6-4-5-12(2)11-14/h4-11,17H,3H2,1-2H3,(H2,18,19,22). The molecule has 0 heterocycles. The lowest BCUT2D eigenvalue weighted by Gasteiger charge is -2.11. The van der Waals surface area contributed by atoms with Crippen LogP contribution in [0.2, 0.25) is 0 Å². The van der Waals surface area contributed by atoms with E-state index in [0.717, 1.165) is 11.3 Å². The molecule has 0 radical (unpaired) electrons. The number of benzene rings is 2. The van der Waals surface area contributed by atoms with Crippen molar-refractivity contribution >= 4 is 38.7 Å². The summed E-state index contributed by atoms with van der Waals surface area (Å²) in [5.41, 5.74) is 2.75. The fourth-order valence-electron chi connectivity index (χ4n) is 2.01. The molecule has 3 N–H and O–H groups in total. The van der Waals surface area contributed by atoms with Gasteiger partial charge in [0.2, 0.25) is 10.0 Å². The number of sulfonamides is 1. The van der Waals surface area contributed by atoms with Gasteiger partial charge in [-0.2, -0.15) is 0 Å². The average Bonchev–Trinajstić information content (AvgIpc) is 2.47. The number of hydrogen-bond donors (Lipinski definition) is 3. The smallest absolute Gasteiger partial charge is 0.240 e. The number of anilines is 2. The van der Waals surface area contributed by atoms with Gasteiger partial charge in [-0.3, -0.25) is 0 Å². The maximum atomic E-state index is 11.9. The molecule has 0 aliphatic heterocycles. The van der Waals surface area contributed by atoms with Crippen molar-refractivity contribution in [3.63, 3.8) is 0 Å². The first-order valence-corrected chi connectivity index (χ1v) is 9.04. The summed E-state index contributed by atoms with van der Waals surface area (Å²) in [6.07, 6.45) is 0. The van der Waals surface area contributed by atoms with Gasteiger partial charge in [-0.15, -0.1) is 0 Å². The Bertz CT molecular complexity index is 787. The first-order chi connectivity index (χ1) is 10.9. The van der Waals surface area contributed by atoms with E-state index in [9.17, 15) is 8.42 Å². The Morgan fingerprint density at radius 3 is 2.30 bits per heavy atom. The molecule has 2 aromatic rings. The van der Waals surface area contributed by atoms with Crippen LogP contribution in [0.25, 0.3) is 0 Å². The second-order valence-corrected chi connectivity index (χ2v) is 7.15. The van der Waals surface area contributed by atoms with Crippen molar-refractivity contribution in [3.8, 4) is 0 Å². The van der Waals surface area contributed by atoms with E-state index in [4.69, 9.17) is 12.2 Å². The third-order valence-corrected chi connectivity index (χ3v) is 4.80. The summed E-state index contributed by atoms with van der Waals surface area (Å²) in [6.45, 7) is 4.10. The second kappa shape index (κ2) is 7.54. The summed E-state index contributed by atoms with van der Waals surface area (Å²) in [5.74, 6) is 0. The summed E-state index contributed by atoms with van der Waals surface area (Å²) in [6, 6.07) is 14.3. The van der Waals surface area contributed by atoms with Crippen LogP contribution < -0.4 is 15.4 Å². The molecule has 23 heavy (non-hydrogen) atoms. The summed E-state index contributed by atoms with van der Waals surface area (Å²) < 4.78 is 26.2. The third kappa shape index (κ3) is 5.02. The summed E-state index contributed by atoms with van der Waals surface area (Å²) in [7, 11) is -3.44. The molecule has 0 aliphatic carbocycles. The summed E-state index contributed by atoms with van der Waals surface area (Å²) >= 11 is 5.26. The van der Waals surface area contributed by atoms with Crippen LogP contribution in [0.3, 0.4) is 0 Å². The van der Waals surface area contributed by atoms with Gasteiger partial charge in [-0.05, 0) is 61.1 Å². The maximum Gasteiger partial charge on any atom is 0.240 e. The van der Waals surface area contributed by atoms with Gasteiger partial charge in [-0.25, -0.2) is 13.1 Å². The van der Waals surface area contributed by atoms with Crippen molar-refractivity contribution in [3.05, 3.63) is 54.1 Å². The number of hydrogen-bond acceptors (Lipinski definition) is 3. The van der Waals surface area contributed by atoms with Crippen LogP contribution in [0.15, 0.2) is 53.4 Å². The topological polar surface area (TPSA) is 70.2 Å². The third-order valence-electron chi connectivity index (χ3n) is 3.03. The zero-order valence-corrected chi connectivity index (χ0v) is 14.6. The van der Waals surface area contributed by atoms with Gasteiger partial charge in [0, 0.05) is 17.9 Å². The van der Waals surface area contributed by atoms with E-state index in [-0.39, 0.29) is 4.90 Å². The van der Waals surface area contributed by atoms with Crippen LogP contribution in [0.4, 0.5) is 11.4 Å². The predicted molar refractivity (Wildman–Crippen MR) is 98.3 cm³/mol. The Kier molecular flexibility index (Phi) is 5.70. The predicted octanol–water partition coefficient (Wildman–Crippen LogP) is 3.10. The van der Waals surface area contributed by atoms with Crippen molar-refractivity contribution in [1.82, 2.24) is 4.72 Å². The van der Waals surface area contributed by atoms with Crippen molar-refractivity contribution in [2.75, 3.05) is 17.2 Å². The van der Waals surface area contributed by atoms with E-state index in [1.54, 1.807) is 19.1 Å². The molecule has 0 aromatic heterocycles. The minimum absolute atomic E-state index is 0.225. The highest BCUT2D eigenvalue weighted by Crippen LogP contribution is 2.15. The van der Waals surface area contributed by atoms with E-state index in [1.807, 2.05) is 31.2 Å². The molecule has 0 saturated heterocycles. The molecule has 0 atom stereocenters. The number of thiocarbonyl (C=S) groups is 1. The number of rotatable bonds is 5. The van der Waals surface area contributed by atoms with Crippen LogP contribution in [0.5, 0.6) is 0 Å². The Hall–Kier alpha value is -1.96. The van der Waals surface area contributed by atoms with Crippen LogP contribution in [-0.4, -0.2) is 20.1 Å². The molecule has 0 saturated carbocycles. The second-order valence-electron chi connectivity index (χ2n) is 4.97. The minimum atomic E-state index is -3.44. The average molecular weight is 349 g/mol. The van der Waals surface area contributed by atoms with Gasteiger partial charge >= 0.3 is 0 Å².